The smallest absolute Gasteiger partial charge is 0.0377 e. The highest BCUT2D eigenvalue weighted by Gasteiger charge is 2.41. The first-order valence-electron chi connectivity index (χ1n) is 5.14. The van der Waals surface area contributed by atoms with Crippen LogP contribution in [0.4, 0.5) is 0 Å². The van der Waals surface area contributed by atoms with E-state index in [1.165, 1.54) is 45.7 Å². The Morgan fingerprint density at radius 1 is 0.917 bits per heavy atom. The number of nitrogens with one attached hydrogen (secondary N) is 1. The van der Waals surface area contributed by atoms with Gasteiger partial charge in [0.1, 0.15) is 0 Å². The second-order valence-electron chi connectivity index (χ2n) is 4.20. The summed E-state index contributed by atoms with van der Waals surface area (Å²) in [6, 6.07) is 1.72. The van der Waals surface area contributed by atoms with Crippen molar-refractivity contribution < 1.29 is 0 Å². The zero-order valence-electron chi connectivity index (χ0n) is 7.50. The summed E-state index contributed by atoms with van der Waals surface area (Å²) in [5.74, 6) is 0. The van der Waals surface area contributed by atoms with Crippen LogP contribution in [0.1, 0.15) is 6.42 Å². The van der Waals surface area contributed by atoms with E-state index in [0.29, 0.717) is 0 Å². The maximum atomic E-state index is 3.50. The third-order valence-corrected chi connectivity index (χ3v) is 3.70. The van der Waals surface area contributed by atoms with Crippen LogP contribution in [0.2, 0.25) is 0 Å². The van der Waals surface area contributed by atoms with Gasteiger partial charge in [0.05, 0.1) is 0 Å². The highest BCUT2D eigenvalue weighted by molar-refractivity contribution is 4.99. The number of hydrogen-bond donors (Lipinski definition) is 1. The maximum Gasteiger partial charge on any atom is 0.0377 e. The monoisotopic (exact) mass is 167 g/mol. The molecule has 0 aromatic carbocycles. The van der Waals surface area contributed by atoms with Gasteiger partial charge in [0.25, 0.3) is 0 Å². The summed E-state index contributed by atoms with van der Waals surface area (Å²) >= 11 is 0. The van der Waals surface area contributed by atoms with Crippen LogP contribution in [0.5, 0.6) is 0 Å². The molecule has 2 unspecified atom stereocenters. The van der Waals surface area contributed by atoms with Crippen LogP contribution < -0.4 is 5.32 Å². The van der Waals surface area contributed by atoms with Crippen LogP contribution in [-0.2, 0) is 0 Å². The van der Waals surface area contributed by atoms with Gasteiger partial charge in [-0.05, 0) is 13.0 Å². The standard InChI is InChI=1S/C9H17N3/c1-2-10-7-9-8(1)11-3-5-12(9)6-4-11/h8-10H,1-7H2. The Kier molecular flexibility index (Phi) is 1.63. The molecule has 0 aliphatic carbocycles. The molecule has 4 aliphatic rings. The highest BCUT2D eigenvalue weighted by Crippen LogP contribution is 2.25. The lowest BCUT2D eigenvalue weighted by Crippen LogP contribution is -2.70. The molecule has 0 amide bonds. The molecule has 3 nitrogen and oxygen atoms in total. The lowest BCUT2D eigenvalue weighted by Gasteiger charge is -2.55. The van der Waals surface area contributed by atoms with Crippen LogP contribution in [0, 0.1) is 0 Å². The maximum absolute atomic E-state index is 3.50. The predicted octanol–water partition coefficient (Wildman–Crippen LogP) is -0.652. The van der Waals surface area contributed by atoms with Gasteiger partial charge in [0, 0.05) is 44.8 Å². The second-order valence-corrected chi connectivity index (χ2v) is 4.20. The molecule has 4 heterocycles. The molecule has 3 heteroatoms. The van der Waals surface area contributed by atoms with E-state index in [0.717, 1.165) is 12.1 Å². The quantitative estimate of drug-likeness (QED) is 0.517. The van der Waals surface area contributed by atoms with Crippen molar-refractivity contribution in [3.05, 3.63) is 0 Å². The Morgan fingerprint density at radius 3 is 2.25 bits per heavy atom. The largest absolute Gasteiger partial charge is 0.315 e. The number of rotatable bonds is 0. The summed E-state index contributed by atoms with van der Waals surface area (Å²) in [6.07, 6.45) is 1.36. The van der Waals surface area contributed by atoms with Crippen molar-refractivity contribution >= 4 is 0 Å². The fourth-order valence-electron chi connectivity index (χ4n) is 3.03. The molecule has 2 atom stereocenters. The first-order chi connectivity index (χ1) is 5.95. The van der Waals surface area contributed by atoms with Gasteiger partial charge in [-0.15, -0.1) is 0 Å². The number of piperidine rings is 1. The molecule has 4 aliphatic heterocycles. The van der Waals surface area contributed by atoms with E-state index in [9.17, 15) is 0 Å². The number of nitrogens with zero attached hydrogens (tertiary/aromatic N) is 2. The normalized spacial score (nSPS) is 52.0. The summed E-state index contributed by atoms with van der Waals surface area (Å²) < 4.78 is 0. The zero-order chi connectivity index (χ0) is 7.97. The van der Waals surface area contributed by atoms with E-state index < -0.39 is 0 Å². The third-order valence-electron chi connectivity index (χ3n) is 3.70. The first kappa shape index (κ1) is 7.30. The zero-order valence-corrected chi connectivity index (χ0v) is 7.50. The van der Waals surface area contributed by atoms with E-state index in [-0.39, 0.29) is 0 Å². The number of piperazine rings is 3. The van der Waals surface area contributed by atoms with Gasteiger partial charge in [0.15, 0.2) is 0 Å². The summed E-state index contributed by atoms with van der Waals surface area (Å²) in [5, 5.41) is 3.50. The third kappa shape index (κ3) is 0.934. The van der Waals surface area contributed by atoms with Crippen LogP contribution in [0.25, 0.3) is 0 Å². The molecule has 4 rings (SSSR count). The molecule has 68 valence electrons. The summed E-state index contributed by atoms with van der Waals surface area (Å²) in [5.41, 5.74) is 0. The first-order valence-corrected chi connectivity index (χ1v) is 5.14. The number of fused-ring (bicyclic) bond motifs is 2. The minimum Gasteiger partial charge on any atom is -0.315 e. The Bertz CT molecular complexity index is 155. The fraction of sp³-hybridized carbons (Fsp3) is 1.00. The summed E-state index contributed by atoms with van der Waals surface area (Å²) in [4.78, 5) is 5.38. The van der Waals surface area contributed by atoms with E-state index in [2.05, 4.69) is 15.1 Å². The molecule has 12 heavy (non-hydrogen) atoms. The molecule has 0 spiro atoms. The van der Waals surface area contributed by atoms with Crippen LogP contribution >= 0.6 is 0 Å². The molecule has 0 radical (unpaired) electrons. The Labute approximate surface area is 73.7 Å². The molecule has 1 N–H and O–H groups in total. The van der Waals surface area contributed by atoms with Gasteiger partial charge in [0.2, 0.25) is 0 Å². The Morgan fingerprint density at radius 2 is 1.58 bits per heavy atom. The molecule has 4 saturated heterocycles. The van der Waals surface area contributed by atoms with E-state index in [4.69, 9.17) is 0 Å². The minimum atomic E-state index is 0.834. The lowest BCUT2D eigenvalue weighted by molar-refractivity contribution is -0.0487. The fourth-order valence-corrected chi connectivity index (χ4v) is 3.03. The topological polar surface area (TPSA) is 18.5 Å². The number of hydrogen-bond acceptors (Lipinski definition) is 3. The van der Waals surface area contributed by atoms with Gasteiger partial charge in [-0.1, -0.05) is 0 Å². The van der Waals surface area contributed by atoms with Crippen molar-refractivity contribution in [3.8, 4) is 0 Å². The van der Waals surface area contributed by atoms with Gasteiger partial charge < -0.3 is 5.32 Å². The molecule has 0 aromatic rings. The van der Waals surface area contributed by atoms with Crippen molar-refractivity contribution in [2.24, 2.45) is 0 Å². The molecular weight excluding hydrogens is 150 g/mol. The van der Waals surface area contributed by atoms with Crippen LogP contribution in [0.15, 0.2) is 0 Å². The second kappa shape index (κ2) is 2.69. The molecule has 0 saturated carbocycles. The summed E-state index contributed by atoms with van der Waals surface area (Å²) in [6.45, 7) is 7.71. The van der Waals surface area contributed by atoms with E-state index in [1.54, 1.807) is 0 Å². The molecular formula is C9H17N3. The van der Waals surface area contributed by atoms with Crippen LogP contribution in [-0.4, -0.2) is 61.2 Å². The van der Waals surface area contributed by atoms with E-state index >= 15 is 0 Å². The molecule has 4 fully saturated rings. The van der Waals surface area contributed by atoms with E-state index in [1.807, 2.05) is 0 Å². The van der Waals surface area contributed by atoms with Crippen molar-refractivity contribution in [2.45, 2.75) is 18.5 Å². The SMILES string of the molecule is C1CC2C(CN1)N1CCN2CC1. The Balaban J connectivity index is 1.83. The predicted molar refractivity (Wildman–Crippen MR) is 48.2 cm³/mol. The molecule has 2 bridgehead atoms. The van der Waals surface area contributed by atoms with Crippen molar-refractivity contribution in [1.29, 1.82) is 0 Å². The van der Waals surface area contributed by atoms with Gasteiger partial charge in [-0.25, -0.2) is 0 Å². The minimum absolute atomic E-state index is 0.834. The lowest BCUT2D eigenvalue weighted by atomic mass is 9.92. The van der Waals surface area contributed by atoms with Crippen molar-refractivity contribution in [2.75, 3.05) is 39.3 Å². The van der Waals surface area contributed by atoms with Gasteiger partial charge >= 0.3 is 0 Å². The van der Waals surface area contributed by atoms with Crippen LogP contribution in [0.3, 0.4) is 0 Å². The van der Waals surface area contributed by atoms with Crippen molar-refractivity contribution in [1.82, 2.24) is 15.1 Å². The Hall–Kier alpha value is -0.120. The average Bonchev–Trinajstić information content (AvgIpc) is 2.20. The molecule has 0 aromatic heterocycles. The average molecular weight is 167 g/mol. The highest BCUT2D eigenvalue weighted by atomic mass is 15.4. The van der Waals surface area contributed by atoms with Crippen molar-refractivity contribution in [3.63, 3.8) is 0 Å². The van der Waals surface area contributed by atoms with Gasteiger partial charge in [-0.3, -0.25) is 9.80 Å². The van der Waals surface area contributed by atoms with Gasteiger partial charge in [-0.2, -0.15) is 0 Å². The summed E-state index contributed by atoms with van der Waals surface area (Å²) in [7, 11) is 0.